The Kier molecular flexibility index (Phi) is 8.85. The van der Waals surface area contributed by atoms with E-state index in [1.54, 1.807) is 12.1 Å². The highest BCUT2D eigenvalue weighted by Crippen LogP contribution is 2.27. The van der Waals surface area contributed by atoms with Crippen LogP contribution in [0.1, 0.15) is 35.1 Å². The van der Waals surface area contributed by atoms with Crippen molar-refractivity contribution in [2.24, 2.45) is 5.73 Å². The highest BCUT2D eigenvalue weighted by atomic mass is 35.5. The van der Waals surface area contributed by atoms with E-state index in [1.807, 2.05) is 52.4 Å². The molecule has 1 aliphatic heterocycles. The zero-order valence-corrected chi connectivity index (χ0v) is 24.4. The maximum absolute atomic E-state index is 13.8. The lowest BCUT2D eigenvalue weighted by atomic mass is 10.00. The predicted octanol–water partition coefficient (Wildman–Crippen LogP) is 5.16. The van der Waals surface area contributed by atoms with E-state index in [0.717, 1.165) is 27.6 Å². The van der Waals surface area contributed by atoms with Gasteiger partial charge in [-0.05, 0) is 48.2 Å². The standard InChI is InChI=1S/C31H33ClN6O2S/c1-20-17-38(30(40)29-36-27(19-41-29)23-10-12-25(32)13-11-23)26(7-4-14-35-31(33)34)18-37(20)28(39)16-21-8-9-22-5-2-3-6-24(22)15-21/h2-3,5-6,8-13,15,19-20,26H,4,7,14,16-18H2,1H3,(H4,33,34,35)/t20-,26+/m1/s1. The van der Waals surface area contributed by atoms with Crippen LogP contribution in [0.5, 0.6) is 0 Å². The maximum Gasteiger partial charge on any atom is 0.283 e. The van der Waals surface area contributed by atoms with Gasteiger partial charge in [0, 0.05) is 47.7 Å². The first kappa shape index (κ1) is 28.6. The zero-order chi connectivity index (χ0) is 28.9. The number of carbonyl (C=O) groups excluding carboxylic acids is 2. The Morgan fingerprint density at radius 1 is 1.07 bits per heavy atom. The van der Waals surface area contributed by atoms with Crippen LogP contribution in [0.25, 0.3) is 22.0 Å². The fourth-order valence-electron chi connectivity index (χ4n) is 5.32. The molecule has 1 aliphatic rings. The fraction of sp³-hybridized carbons (Fsp3) is 0.290. The van der Waals surface area contributed by atoms with Gasteiger partial charge in [-0.15, -0.1) is 11.3 Å². The number of thiazole rings is 1. The van der Waals surface area contributed by atoms with Crippen LogP contribution in [0.4, 0.5) is 0 Å². The van der Waals surface area contributed by atoms with Crippen molar-refractivity contribution in [1.29, 1.82) is 5.41 Å². The van der Waals surface area contributed by atoms with Crippen molar-refractivity contribution < 1.29 is 9.59 Å². The van der Waals surface area contributed by atoms with E-state index >= 15 is 0 Å². The van der Waals surface area contributed by atoms with Gasteiger partial charge in [-0.25, -0.2) is 4.98 Å². The number of benzene rings is 3. The van der Waals surface area contributed by atoms with Crippen molar-refractivity contribution in [2.45, 2.75) is 38.3 Å². The third-order valence-electron chi connectivity index (χ3n) is 7.45. The van der Waals surface area contributed by atoms with Gasteiger partial charge < -0.3 is 20.9 Å². The zero-order valence-electron chi connectivity index (χ0n) is 22.8. The summed E-state index contributed by atoms with van der Waals surface area (Å²) in [5.74, 6) is -0.167. The number of fused-ring (bicyclic) bond motifs is 1. The average molecular weight is 589 g/mol. The third kappa shape index (κ3) is 6.86. The van der Waals surface area contributed by atoms with Crippen LogP contribution in [0.3, 0.4) is 0 Å². The summed E-state index contributed by atoms with van der Waals surface area (Å²) < 4.78 is 0. The first-order chi connectivity index (χ1) is 19.8. The van der Waals surface area contributed by atoms with E-state index in [9.17, 15) is 9.59 Å². The number of rotatable bonds is 8. The summed E-state index contributed by atoms with van der Waals surface area (Å²) in [4.78, 5) is 35.7. The van der Waals surface area contributed by atoms with E-state index < -0.39 is 0 Å². The minimum absolute atomic E-state index is 0.0472. The van der Waals surface area contributed by atoms with Gasteiger partial charge in [-0.1, -0.05) is 66.2 Å². The first-order valence-electron chi connectivity index (χ1n) is 13.7. The Morgan fingerprint density at radius 3 is 2.59 bits per heavy atom. The first-order valence-corrected chi connectivity index (χ1v) is 14.9. The van der Waals surface area contributed by atoms with Gasteiger partial charge in [0.15, 0.2) is 11.0 Å². The van der Waals surface area contributed by atoms with E-state index in [2.05, 4.69) is 34.6 Å². The van der Waals surface area contributed by atoms with Gasteiger partial charge in [0.2, 0.25) is 5.91 Å². The maximum atomic E-state index is 13.8. The number of halogens is 1. The quantitative estimate of drug-likeness (QED) is 0.149. The Labute approximate surface area is 248 Å². The number of nitrogens with one attached hydrogen (secondary N) is 2. The summed E-state index contributed by atoms with van der Waals surface area (Å²) in [6.07, 6.45) is 1.66. The molecule has 2 amide bonds. The SMILES string of the molecule is C[C@@H]1CN(C(=O)c2nc(-c3ccc(Cl)cc3)cs2)[C@@H](CCCNC(=N)N)CN1C(=O)Cc1ccc2ccccc2c1. The molecule has 2 atom stereocenters. The van der Waals surface area contributed by atoms with E-state index in [-0.39, 0.29) is 29.9 Å². The Hall–Kier alpha value is -3.95. The topological polar surface area (TPSA) is 115 Å². The molecular formula is C31H33ClN6O2S. The Bertz CT molecular complexity index is 1560. The molecule has 5 rings (SSSR count). The molecule has 3 aromatic carbocycles. The van der Waals surface area contributed by atoms with Crippen LogP contribution in [0.15, 0.2) is 72.1 Å². The number of hydrogen-bond acceptors (Lipinski definition) is 5. The second-order valence-electron chi connectivity index (χ2n) is 10.4. The summed E-state index contributed by atoms with van der Waals surface area (Å²) in [5, 5.41) is 15.5. The minimum Gasteiger partial charge on any atom is -0.370 e. The van der Waals surface area contributed by atoms with Crippen LogP contribution in [-0.2, 0) is 11.2 Å². The second kappa shape index (κ2) is 12.7. The van der Waals surface area contributed by atoms with Crippen LogP contribution in [-0.4, -0.2) is 64.3 Å². The van der Waals surface area contributed by atoms with Gasteiger partial charge in [0.05, 0.1) is 12.1 Å². The molecule has 2 heterocycles. The minimum atomic E-state index is -0.184. The molecule has 10 heteroatoms. The molecule has 0 unspecified atom stereocenters. The molecule has 0 spiro atoms. The number of piperazine rings is 1. The number of aromatic nitrogens is 1. The van der Waals surface area contributed by atoms with E-state index in [0.29, 0.717) is 48.9 Å². The molecule has 0 radical (unpaired) electrons. The number of nitrogens with two attached hydrogens (primary N) is 1. The third-order valence-corrected chi connectivity index (χ3v) is 8.53. The number of guanidine groups is 1. The lowest BCUT2D eigenvalue weighted by Gasteiger charge is -2.45. The van der Waals surface area contributed by atoms with Crippen LogP contribution in [0, 0.1) is 5.41 Å². The van der Waals surface area contributed by atoms with Crippen LogP contribution >= 0.6 is 22.9 Å². The number of carbonyl (C=O) groups is 2. The Morgan fingerprint density at radius 2 is 1.83 bits per heavy atom. The summed E-state index contributed by atoms with van der Waals surface area (Å²) >= 11 is 7.35. The molecule has 8 nitrogen and oxygen atoms in total. The van der Waals surface area contributed by atoms with Gasteiger partial charge in [-0.3, -0.25) is 15.0 Å². The molecule has 0 saturated carbocycles. The summed E-state index contributed by atoms with van der Waals surface area (Å²) in [7, 11) is 0. The highest BCUT2D eigenvalue weighted by molar-refractivity contribution is 7.12. The van der Waals surface area contributed by atoms with Crippen molar-refractivity contribution in [3.8, 4) is 11.3 Å². The van der Waals surface area contributed by atoms with Crippen molar-refractivity contribution in [2.75, 3.05) is 19.6 Å². The van der Waals surface area contributed by atoms with Gasteiger partial charge in [-0.2, -0.15) is 0 Å². The summed E-state index contributed by atoms with van der Waals surface area (Å²) in [6.45, 7) is 3.37. The molecule has 41 heavy (non-hydrogen) atoms. The second-order valence-corrected chi connectivity index (χ2v) is 11.7. The van der Waals surface area contributed by atoms with Gasteiger partial charge >= 0.3 is 0 Å². The average Bonchev–Trinajstić information content (AvgIpc) is 3.46. The molecule has 1 aromatic heterocycles. The molecule has 4 N–H and O–H groups in total. The fourth-order valence-corrected chi connectivity index (χ4v) is 6.22. The molecule has 1 saturated heterocycles. The lowest BCUT2D eigenvalue weighted by molar-refractivity contribution is -0.136. The molecule has 0 bridgehead atoms. The van der Waals surface area contributed by atoms with E-state index in [1.165, 1.54) is 11.3 Å². The normalized spacial score (nSPS) is 17.0. The monoisotopic (exact) mass is 588 g/mol. The molecular weight excluding hydrogens is 556 g/mol. The van der Waals surface area contributed by atoms with Crippen molar-refractivity contribution in [3.05, 3.63) is 87.7 Å². The van der Waals surface area contributed by atoms with Gasteiger partial charge in [0.1, 0.15) is 0 Å². The number of nitrogens with zero attached hydrogens (tertiary/aromatic N) is 3. The van der Waals surface area contributed by atoms with Crippen molar-refractivity contribution >= 4 is 51.5 Å². The van der Waals surface area contributed by atoms with E-state index in [4.69, 9.17) is 22.7 Å². The predicted molar refractivity (Wildman–Crippen MR) is 165 cm³/mol. The highest BCUT2D eigenvalue weighted by Gasteiger charge is 2.37. The molecule has 212 valence electrons. The number of amides is 2. The lowest BCUT2D eigenvalue weighted by Crippen LogP contribution is -2.60. The smallest absolute Gasteiger partial charge is 0.283 e. The summed E-state index contributed by atoms with van der Waals surface area (Å²) in [5.41, 5.74) is 8.05. The van der Waals surface area contributed by atoms with Crippen LogP contribution < -0.4 is 11.1 Å². The Balaban J connectivity index is 1.32. The molecule has 0 aliphatic carbocycles. The van der Waals surface area contributed by atoms with Gasteiger partial charge in [0.25, 0.3) is 5.91 Å². The summed E-state index contributed by atoms with van der Waals surface area (Å²) in [6, 6.07) is 21.3. The van der Waals surface area contributed by atoms with Crippen molar-refractivity contribution in [1.82, 2.24) is 20.1 Å². The largest absolute Gasteiger partial charge is 0.370 e. The molecule has 1 fully saturated rings. The van der Waals surface area contributed by atoms with Crippen LogP contribution in [0.2, 0.25) is 5.02 Å². The molecule has 4 aromatic rings. The van der Waals surface area contributed by atoms with Crippen molar-refractivity contribution in [3.63, 3.8) is 0 Å². The number of hydrogen-bond donors (Lipinski definition) is 3.